The Morgan fingerprint density at radius 1 is 1.15 bits per heavy atom. The maximum atomic E-state index is 13.0. The zero-order valence-corrected chi connectivity index (χ0v) is 15.5. The van der Waals surface area contributed by atoms with Gasteiger partial charge in [-0.05, 0) is 37.8 Å². The summed E-state index contributed by atoms with van der Waals surface area (Å²) in [6.07, 6.45) is 8.69. The van der Waals surface area contributed by atoms with Crippen LogP contribution in [0.3, 0.4) is 0 Å². The van der Waals surface area contributed by atoms with Gasteiger partial charge in [-0.3, -0.25) is 9.20 Å². The second kappa shape index (κ2) is 7.00. The molecule has 8 heteroatoms. The Bertz CT molecular complexity index is 902. The summed E-state index contributed by atoms with van der Waals surface area (Å²) in [6.45, 7) is 0.825. The minimum Gasteiger partial charge on any atom is -0.336 e. The number of nitrogens with zero attached hydrogens (tertiary/aromatic N) is 3. The SMILES string of the molecule is O=C(c1cccc2nccn12)N1CCC[C@H](S(=O)(=O)NC2CCCC2)C1. The quantitative estimate of drug-likeness (QED) is 0.882. The van der Waals surface area contributed by atoms with Gasteiger partial charge in [0.05, 0.1) is 5.25 Å². The third-order valence-corrected chi connectivity index (χ3v) is 7.36. The Labute approximate surface area is 153 Å². The topological polar surface area (TPSA) is 83.8 Å². The molecule has 0 bridgehead atoms. The van der Waals surface area contributed by atoms with Crippen molar-refractivity contribution in [3.05, 3.63) is 36.3 Å². The molecule has 1 atom stereocenters. The number of amides is 1. The summed E-state index contributed by atoms with van der Waals surface area (Å²) in [5.41, 5.74) is 1.22. The molecule has 26 heavy (non-hydrogen) atoms. The number of carbonyl (C=O) groups excluding carboxylic acids is 1. The van der Waals surface area contributed by atoms with E-state index < -0.39 is 15.3 Å². The summed E-state index contributed by atoms with van der Waals surface area (Å²) in [7, 11) is -3.41. The summed E-state index contributed by atoms with van der Waals surface area (Å²) < 4.78 is 30.1. The van der Waals surface area contributed by atoms with Crippen molar-refractivity contribution in [1.82, 2.24) is 19.0 Å². The van der Waals surface area contributed by atoms with Crippen molar-refractivity contribution in [2.75, 3.05) is 13.1 Å². The van der Waals surface area contributed by atoms with Crippen molar-refractivity contribution in [1.29, 1.82) is 0 Å². The maximum Gasteiger partial charge on any atom is 0.270 e. The highest BCUT2D eigenvalue weighted by molar-refractivity contribution is 7.90. The minimum absolute atomic E-state index is 0.0609. The van der Waals surface area contributed by atoms with E-state index >= 15 is 0 Å². The first-order valence-electron chi connectivity index (χ1n) is 9.27. The van der Waals surface area contributed by atoms with E-state index in [2.05, 4.69) is 9.71 Å². The van der Waals surface area contributed by atoms with E-state index in [1.54, 1.807) is 33.8 Å². The van der Waals surface area contributed by atoms with Crippen LogP contribution >= 0.6 is 0 Å². The number of carbonyl (C=O) groups is 1. The summed E-state index contributed by atoms with van der Waals surface area (Å²) in [6, 6.07) is 5.46. The fourth-order valence-corrected chi connectivity index (χ4v) is 5.78. The van der Waals surface area contributed by atoms with Gasteiger partial charge in [0.15, 0.2) is 0 Å². The van der Waals surface area contributed by atoms with Gasteiger partial charge in [-0.2, -0.15) is 0 Å². The van der Waals surface area contributed by atoms with Crippen LogP contribution < -0.4 is 4.72 Å². The van der Waals surface area contributed by atoms with Crippen LogP contribution in [0.1, 0.15) is 49.0 Å². The highest BCUT2D eigenvalue weighted by Crippen LogP contribution is 2.23. The molecule has 2 aliphatic rings. The van der Waals surface area contributed by atoms with Gasteiger partial charge in [-0.15, -0.1) is 0 Å². The molecule has 1 aliphatic carbocycles. The van der Waals surface area contributed by atoms with E-state index in [4.69, 9.17) is 0 Å². The van der Waals surface area contributed by atoms with Gasteiger partial charge in [0.2, 0.25) is 10.0 Å². The normalized spacial score (nSPS) is 22.2. The van der Waals surface area contributed by atoms with Crippen LogP contribution in [0, 0.1) is 0 Å². The average molecular weight is 376 g/mol. The monoisotopic (exact) mass is 376 g/mol. The lowest BCUT2D eigenvalue weighted by molar-refractivity contribution is 0.0719. The molecule has 7 nitrogen and oxygen atoms in total. The number of piperidine rings is 1. The third kappa shape index (κ3) is 3.35. The van der Waals surface area contributed by atoms with Gasteiger partial charge < -0.3 is 4.90 Å². The smallest absolute Gasteiger partial charge is 0.270 e. The standard InChI is InChI=1S/C18H24N4O3S/c23-18(16-8-3-9-17-19-10-12-22(16)17)21-11-4-7-15(13-21)26(24,25)20-14-5-1-2-6-14/h3,8-10,12,14-15,20H,1-2,4-7,11,13H2/t15-/m0/s1. The number of sulfonamides is 1. The highest BCUT2D eigenvalue weighted by atomic mass is 32.2. The highest BCUT2D eigenvalue weighted by Gasteiger charge is 2.35. The van der Waals surface area contributed by atoms with Crippen molar-refractivity contribution >= 4 is 21.6 Å². The molecule has 2 aromatic rings. The van der Waals surface area contributed by atoms with Crippen LogP contribution in [0.5, 0.6) is 0 Å². The van der Waals surface area contributed by atoms with E-state index in [1.165, 1.54) is 0 Å². The number of hydrogen-bond acceptors (Lipinski definition) is 4. The van der Waals surface area contributed by atoms with Gasteiger partial charge >= 0.3 is 0 Å². The van der Waals surface area contributed by atoms with E-state index in [0.717, 1.165) is 25.7 Å². The van der Waals surface area contributed by atoms with Gasteiger partial charge in [-0.25, -0.2) is 18.1 Å². The summed E-state index contributed by atoms with van der Waals surface area (Å²) in [5.74, 6) is -0.144. The van der Waals surface area contributed by atoms with E-state index in [9.17, 15) is 13.2 Å². The second-order valence-corrected chi connectivity index (χ2v) is 9.22. The van der Waals surface area contributed by atoms with Crippen LogP contribution in [0.2, 0.25) is 0 Å². The summed E-state index contributed by atoms with van der Waals surface area (Å²) in [4.78, 5) is 18.9. The molecule has 0 spiro atoms. The first-order chi connectivity index (χ1) is 12.5. The lowest BCUT2D eigenvalue weighted by Gasteiger charge is -2.33. The van der Waals surface area contributed by atoms with Crippen molar-refractivity contribution < 1.29 is 13.2 Å². The molecule has 140 valence electrons. The molecule has 1 N–H and O–H groups in total. The number of aromatic nitrogens is 2. The van der Waals surface area contributed by atoms with E-state index in [-0.39, 0.29) is 18.5 Å². The number of nitrogens with one attached hydrogen (secondary N) is 1. The fourth-order valence-electron chi connectivity index (χ4n) is 4.03. The molecule has 1 amide bonds. The van der Waals surface area contributed by atoms with E-state index in [0.29, 0.717) is 30.7 Å². The van der Waals surface area contributed by atoms with Gasteiger partial charge in [0.25, 0.3) is 5.91 Å². The van der Waals surface area contributed by atoms with Crippen molar-refractivity contribution in [3.8, 4) is 0 Å². The molecule has 0 radical (unpaired) electrons. The molecule has 4 rings (SSSR count). The Kier molecular flexibility index (Phi) is 4.71. The Morgan fingerprint density at radius 2 is 1.96 bits per heavy atom. The molecular formula is C18H24N4O3S. The Hall–Kier alpha value is -1.93. The molecule has 2 fully saturated rings. The molecule has 2 aromatic heterocycles. The van der Waals surface area contributed by atoms with E-state index in [1.807, 2.05) is 6.07 Å². The number of likely N-dealkylation sites (tertiary alicyclic amines) is 1. The molecule has 3 heterocycles. The number of rotatable bonds is 4. The molecule has 1 saturated carbocycles. The predicted octanol–water partition coefficient (Wildman–Crippen LogP) is 1.80. The number of hydrogen-bond donors (Lipinski definition) is 1. The number of fused-ring (bicyclic) bond motifs is 1. The number of pyridine rings is 1. The summed E-state index contributed by atoms with van der Waals surface area (Å²) in [5, 5.41) is -0.539. The van der Waals surface area contributed by atoms with Gasteiger partial charge in [-0.1, -0.05) is 18.9 Å². The van der Waals surface area contributed by atoms with Crippen molar-refractivity contribution in [2.24, 2.45) is 0 Å². The Balaban J connectivity index is 1.51. The first kappa shape index (κ1) is 17.5. The first-order valence-corrected chi connectivity index (χ1v) is 10.8. The zero-order valence-electron chi connectivity index (χ0n) is 14.7. The fraction of sp³-hybridized carbons (Fsp3) is 0.556. The summed E-state index contributed by atoms with van der Waals surface area (Å²) >= 11 is 0. The van der Waals surface area contributed by atoms with Gasteiger partial charge in [0.1, 0.15) is 11.3 Å². The van der Waals surface area contributed by atoms with Gasteiger partial charge in [0, 0.05) is 31.5 Å². The third-order valence-electron chi connectivity index (χ3n) is 5.44. The predicted molar refractivity (Wildman–Crippen MR) is 98.4 cm³/mol. The van der Waals surface area contributed by atoms with Crippen molar-refractivity contribution in [3.63, 3.8) is 0 Å². The lowest BCUT2D eigenvalue weighted by Crippen LogP contribution is -2.50. The molecule has 1 saturated heterocycles. The van der Waals surface area contributed by atoms with Crippen LogP contribution in [0.15, 0.2) is 30.6 Å². The van der Waals surface area contributed by atoms with Crippen LogP contribution in [-0.2, 0) is 10.0 Å². The largest absolute Gasteiger partial charge is 0.336 e. The van der Waals surface area contributed by atoms with Crippen LogP contribution in [-0.4, -0.2) is 53.0 Å². The van der Waals surface area contributed by atoms with Crippen LogP contribution in [0.4, 0.5) is 0 Å². The maximum absolute atomic E-state index is 13.0. The molecule has 0 unspecified atom stereocenters. The minimum atomic E-state index is -3.41. The average Bonchev–Trinajstić information content (AvgIpc) is 3.32. The zero-order chi connectivity index (χ0) is 18.1. The van der Waals surface area contributed by atoms with Crippen molar-refractivity contribution in [2.45, 2.75) is 49.8 Å². The second-order valence-electron chi connectivity index (χ2n) is 7.23. The van der Waals surface area contributed by atoms with Crippen LogP contribution in [0.25, 0.3) is 5.65 Å². The molecule has 0 aromatic carbocycles. The lowest BCUT2D eigenvalue weighted by atomic mass is 10.1. The number of imidazole rings is 1. The molecular weight excluding hydrogens is 352 g/mol. The Morgan fingerprint density at radius 3 is 2.77 bits per heavy atom. The molecule has 1 aliphatic heterocycles.